The molecule has 1 fully saturated rings. The minimum atomic E-state index is -2.30. The van der Waals surface area contributed by atoms with Gasteiger partial charge in [-0.15, -0.1) is 5.10 Å². The van der Waals surface area contributed by atoms with E-state index in [2.05, 4.69) is 30.1 Å². The normalized spacial score (nSPS) is 15.6. The first-order valence-electron chi connectivity index (χ1n) is 11.0. The molecule has 1 unspecified atom stereocenters. The Morgan fingerprint density at radius 2 is 2.00 bits per heavy atom. The molecular formula is C22H25N8O3S-. The van der Waals surface area contributed by atoms with Crippen molar-refractivity contribution < 1.29 is 13.5 Å². The van der Waals surface area contributed by atoms with Gasteiger partial charge in [0.1, 0.15) is 0 Å². The number of benzene rings is 1. The van der Waals surface area contributed by atoms with Crippen LogP contribution in [-0.4, -0.2) is 70.9 Å². The molecule has 0 saturated carbocycles. The zero-order valence-corrected chi connectivity index (χ0v) is 19.3. The van der Waals surface area contributed by atoms with Crippen LogP contribution < -0.4 is 10.0 Å². The Bertz CT molecular complexity index is 1280. The Labute approximate surface area is 199 Å². The molecule has 0 amide bonds. The maximum atomic E-state index is 10.8. The van der Waals surface area contributed by atoms with E-state index in [0.29, 0.717) is 5.95 Å². The van der Waals surface area contributed by atoms with Crippen LogP contribution in [0, 0.1) is 0 Å². The van der Waals surface area contributed by atoms with Crippen molar-refractivity contribution in [2.24, 2.45) is 0 Å². The van der Waals surface area contributed by atoms with Crippen LogP contribution in [0.1, 0.15) is 5.56 Å². The van der Waals surface area contributed by atoms with Crippen LogP contribution in [0.25, 0.3) is 16.8 Å². The van der Waals surface area contributed by atoms with E-state index in [0.717, 1.165) is 67.4 Å². The summed E-state index contributed by atoms with van der Waals surface area (Å²) in [5.74, 6) is 0.456. The van der Waals surface area contributed by atoms with Gasteiger partial charge in [-0.05, 0) is 23.8 Å². The van der Waals surface area contributed by atoms with Crippen LogP contribution in [0.4, 0.5) is 11.6 Å². The van der Waals surface area contributed by atoms with Gasteiger partial charge in [-0.2, -0.15) is 5.10 Å². The second-order valence-corrected chi connectivity index (χ2v) is 8.72. The summed E-state index contributed by atoms with van der Waals surface area (Å²) in [6.07, 6.45) is 5.47. The molecule has 1 aliphatic rings. The largest absolute Gasteiger partial charge is 0.760 e. The lowest BCUT2D eigenvalue weighted by Gasteiger charge is -2.26. The van der Waals surface area contributed by atoms with Crippen LogP contribution in [0.3, 0.4) is 0 Å². The minimum Gasteiger partial charge on any atom is -0.760 e. The maximum absolute atomic E-state index is 10.8. The number of fused-ring (bicyclic) bond motifs is 1. The summed E-state index contributed by atoms with van der Waals surface area (Å²) in [6, 6.07) is 11.6. The van der Waals surface area contributed by atoms with E-state index in [4.69, 9.17) is 4.74 Å². The monoisotopic (exact) mass is 481 g/mol. The van der Waals surface area contributed by atoms with E-state index < -0.39 is 11.3 Å². The van der Waals surface area contributed by atoms with Gasteiger partial charge in [0.15, 0.2) is 0 Å². The molecule has 4 heterocycles. The Hall–Kier alpha value is -3.16. The number of nitrogens with zero attached hydrogens (tertiary/aromatic N) is 6. The summed E-state index contributed by atoms with van der Waals surface area (Å²) in [4.78, 5) is 6.79. The van der Waals surface area contributed by atoms with Crippen molar-refractivity contribution in [3.63, 3.8) is 0 Å². The van der Waals surface area contributed by atoms with Crippen LogP contribution >= 0.6 is 0 Å². The maximum Gasteiger partial charge on any atom is 0.245 e. The van der Waals surface area contributed by atoms with Gasteiger partial charge in [-0.25, -0.2) is 14.2 Å². The summed E-state index contributed by atoms with van der Waals surface area (Å²) < 4.78 is 33.1. The van der Waals surface area contributed by atoms with E-state index in [-0.39, 0.29) is 6.54 Å². The summed E-state index contributed by atoms with van der Waals surface area (Å²) in [5, 5.41) is 12.3. The molecule has 11 nitrogen and oxygen atoms in total. The van der Waals surface area contributed by atoms with Gasteiger partial charge in [-0.1, -0.05) is 18.2 Å². The number of ether oxygens (including phenoxy) is 1. The number of rotatable bonds is 9. The van der Waals surface area contributed by atoms with Crippen LogP contribution in [-0.2, 0) is 29.1 Å². The average molecular weight is 482 g/mol. The summed E-state index contributed by atoms with van der Waals surface area (Å²) in [6.45, 7) is 5.44. The third kappa shape index (κ3) is 5.48. The molecule has 178 valence electrons. The van der Waals surface area contributed by atoms with E-state index >= 15 is 0 Å². The zero-order chi connectivity index (χ0) is 23.3. The van der Waals surface area contributed by atoms with Crippen molar-refractivity contribution in [2.45, 2.75) is 13.1 Å². The van der Waals surface area contributed by atoms with E-state index in [9.17, 15) is 8.76 Å². The topological polar surface area (TPSA) is 125 Å². The Balaban J connectivity index is 1.29. The first kappa shape index (κ1) is 22.6. The lowest BCUT2D eigenvalue weighted by molar-refractivity contribution is 0.0360. The van der Waals surface area contributed by atoms with Crippen molar-refractivity contribution in [2.75, 3.05) is 38.2 Å². The molecule has 1 aromatic carbocycles. The molecule has 0 spiro atoms. The molecule has 12 heteroatoms. The third-order valence-corrected chi connectivity index (χ3v) is 6.03. The predicted molar refractivity (Wildman–Crippen MR) is 127 cm³/mol. The number of anilines is 2. The number of aromatic nitrogens is 5. The molecule has 0 radical (unpaired) electrons. The van der Waals surface area contributed by atoms with Gasteiger partial charge < -0.3 is 14.6 Å². The second kappa shape index (κ2) is 10.4. The Morgan fingerprint density at radius 3 is 2.85 bits per heavy atom. The summed E-state index contributed by atoms with van der Waals surface area (Å²) in [5.41, 5.74) is 4.33. The smallest absolute Gasteiger partial charge is 0.245 e. The van der Waals surface area contributed by atoms with Crippen molar-refractivity contribution in [3.05, 3.63) is 60.6 Å². The number of nitrogens with one attached hydrogen (secondary N) is 2. The molecule has 1 saturated heterocycles. The Kier molecular flexibility index (Phi) is 6.92. The molecule has 4 aromatic rings. The molecule has 2 N–H and O–H groups in total. The van der Waals surface area contributed by atoms with Crippen LogP contribution in [0.15, 0.2) is 55.0 Å². The molecular weight excluding hydrogens is 456 g/mol. The van der Waals surface area contributed by atoms with Crippen molar-refractivity contribution in [1.29, 1.82) is 0 Å². The van der Waals surface area contributed by atoms with Gasteiger partial charge in [-0.3, -0.25) is 13.8 Å². The highest BCUT2D eigenvalue weighted by atomic mass is 32.2. The first-order valence-corrected chi connectivity index (χ1v) is 12.1. The molecule has 0 aliphatic carbocycles. The molecule has 1 atom stereocenters. The van der Waals surface area contributed by atoms with Crippen molar-refractivity contribution in [1.82, 2.24) is 34.0 Å². The van der Waals surface area contributed by atoms with Gasteiger partial charge in [0.2, 0.25) is 5.95 Å². The standard InChI is InChI=1S/C22H26N8O3S/c31-34(32)25-13-17-2-1-3-18(12-17)21-5-4-20-15-23-22(27-30(20)21)26-19-14-24-29(16-19)7-6-28-8-10-33-11-9-28/h1-5,12,14-16,25H,6-11,13H2,(H,26,27)(H,31,32)/p-1. The van der Waals surface area contributed by atoms with Gasteiger partial charge in [0, 0.05) is 49.2 Å². The number of hydrogen-bond donors (Lipinski definition) is 2. The van der Waals surface area contributed by atoms with E-state index in [1.165, 1.54) is 0 Å². The highest BCUT2D eigenvalue weighted by Crippen LogP contribution is 2.23. The quantitative estimate of drug-likeness (QED) is 0.345. The lowest BCUT2D eigenvalue weighted by Crippen LogP contribution is -2.38. The van der Waals surface area contributed by atoms with Crippen molar-refractivity contribution >= 4 is 28.4 Å². The highest BCUT2D eigenvalue weighted by Gasteiger charge is 2.11. The molecule has 5 rings (SSSR count). The lowest BCUT2D eigenvalue weighted by atomic mass is 10.1. The van der Waals surface area contributed by atoms with E-state index in [1.807, 2.05) is 51.8 Å². The predicted octanol–water partition coefficient (Wildman–Crippen LogP) is 1.55. The highest BCUT2D eigenvalue weighted by molar-refractivity contribution is 7.77. The first-order chi connectivity index (χ1) is 16.6. The van der Waals surface area contributed by atoms with Crippen LogP contribution in [0.2, 0.25) is 0 Å². The number of hydrogen-bond acceptors (Lipinski definition) is 8. The molecule has 0 bridgehead atoms. The Morgan fingerprint density at radius 1 is 1.12 bits per heavy atom. The fourth-order valence-electron chi connectivity index (χ4n) is 3.91. The average Bonchev–Trinajstić information content (AvgIpc) is 3.49. The second-order valence-electron chi connectivity index (χ2n) is 7.96. The van der Waals surface area contributed by atoms with E-state index in [1.54, 1.807) is 12.4 Å². The van der Waals surface area contributed by atoms with Gasteiger partial charge in [0.05, 0.1) is 49.1 Å². The molecule has 34 heavy (non-hydrogen) atoms. The van der Waals surface area contributed by atoms with Gasteiger partial charge in [0.25, 0.3) is 0 Å². The van der Waals surface area contributed by atoms with Crippen molar-refractivity contribution in [3.8, 4) is 11.3 Å². The van der Waals surface area contributed by atoms with Gasteiger partial charge >= 0.3 is 0 Å². The fraction of sp³-hybridized carbons (Fsp3) is 0.318. The SMILES string of the molecule is O=S([O-])NCc1cccc(-c2ccc3cnc(Nc4cnn(CCN5CCOCC5)c4)nn23)c1. The minimum absolute atomic E-state index is 0.227. The molecule has 1 aliphatic heterocycles. The summed E-state index contributed by atoms with van der Waals surface area (Å²) >= 11 is -2.30. The van der Waals surface area contributed by atoms with Crippen LogP contribution in [0.5, 0.6) is 0 Å². The number of morpholine rings is 1. The molecule has 3 aromatic heterocycles. The fourth-order valence-corrected chi connectivity index (χ4v) is 4.19. The zero-order valence-electron chi connectivity index (χ0n) is 18.5. The summed E-state index contributed by atoms with van der Waals surface area (Å²) in [7, 11) is 0. The third-order valence-electron chi connectivity index (χ3n) is 5.65.